The maximum absolute atomic E-state index is 12.2. The van der Waals surface area contributed by atoms with Crippen molar-refractivity contribution < 1.29 is 19.1 Å². The fourth-order valence-electron chi connectivity index (χ4n) is 4.56. The Morgan fingerprint density at radius 2 is 1.65 bits per heavy atom. The minimum absolute atomic E-state index is 0.0928. The van der Waals surface area contributed by atoms with Gasteiger partial charge in [-0.15, -0.1) is 0 Å². The zero-order valence-corrected chi connectivity index (χ0v) is 20.2. The molecule has 0 aliphatic carbocycles. The van der Waals surface area contributed by atoms with Crippen LogP contribution in [0.1, 0.15) is 68.7 Å². The van der Waals surface area contributed by atoms with E-state index in [1.54, 1.807) is 4.90 Å². The van der Waals surface area contributed by atoms with Crippen molar-refractivity contribution in [2.24, 2.45) is 5.41 Å². The normalized spacial score (nSPS) is 19.6. The van der Waals surface area contributed by atoms with E-state index in [0.29, 0.717) is 19.0 Å². The van der Waals surface area contributed by atoms with Crippen molar-refractivity contribution in [1.29, 1.82) is 0 Å². The number of amides is 1. The summed E-state index contributed by atoms with van der Waals surface area (Å²) < 4.78 is 10.5. The van der Waals surface area contributed by atoms with Crippen molar-refractivity contribution >= 4 is 12.1 Å². The van der Waals surface area contributed by atoms with Crippen LogP contribution in [0.15, 0.2) is 12.1 Å². The van der Waals surface area contributed by atoms with Gasteiger partial charge in [-0.1, -0.05) is 12.1 Å². The number of piperidine rings is 1. The summed E-state index contributed by atoms with van der Waals surface area (Å²) in [6.45, 7) is 16.2. The Labute approximate surface area is 186 Å². The van der Waals surface area contributed by atoms with Crippen LogP contribution in [0.3, 0.4) is 0 Å². The van der Waals surface area contributed by atoms with Gasteiger partial charge >= 0.3 is 12.1 Å². The first kappa shape index (κ1) is 23.6. The van der Waals surface area contributed by atoms with Crippen molar-refractivity contribution in [2.45, 2.75) is 72.4 Å². The summed E-state index contributed by atoms with van der Waals surface area (Å²) in [6.07, 6.45) is 1.44. The van der Waals surface area contributed by atoms with Gasteiger partial charge in [-0.3, -0.25) is 9.69 Å². The number of nitrogens with zero attached hydrogens (tertiary/aromatic N) is 2. The van der Waals surface area contributed by atoms with Gasteiger partial charge in [0, 0.05) is 25.6 Å². The first-order valence-corrected chi connectivity index (χ1v) is 11.3. The second kappa shape index (κ2) is 8.81. The largest absolute Gasteiger partial charge is 0.469 e. The number of hydrogen-bond acceptors (Lipinski definition) is 5. The Bertz CT molecular complexity index is 805. The second-order valence-electron chi connectivity index (χ2n) is 10.5. The maximum atomic E-state index is 12.2. The molecule has 1 aromatic carbocycles. The summed E-state index contributed by atoms with van der Waals surface area (Å²) in [4.78, 5) is 28.5. The van der Waals surface area contributed by atoms with Crippen LogP contribution in [-0.4, -0.2) is 60.8 Å². The molecular weight excluding hydrogens is 392 g/mol. The number of rotatable bonds is 4. The van der Waals surface area contributed by atoms with Gasteiger partial charge in [0.05, 0.1) is 12.5 Å². The second-order valence-corrected chi connectivity index (χ2v) is 10.5. The average molecular weight is 431 g/mol. The molecule has 2 aliphatic heterocycles. The van der Waals surface area contributed by atoms with E-state index in [9.17, 15) is 9.59 Å². The summed E-state index contributed by atoms with van der Waals surface area (Å²) in [6, 6.07) is 4.56. The predicted octanol–water partition coefficient (Wildman–Crippen LogP) is 4.41. The minimum atomic E-state index is -0.459. The average Bonchev–Trinajstić information content (AvgIpc) is 2.63. The van der Waals surface area contributed by atoms with Gasteiger partial charge < -0.3 is 14.4 Å². The third-order valence-corrected chi connectivity index (χ3v) is 6.74. The number of benzene rings is 1. The molecule has 0 spiro atoms. The lowest BCUT2D eigenvalue weighted by Gasteiger charge is -2.40. The van der Waals surface area contributed by atoms with Crippen molar-refractivity contribution in [3.63, 3.8) is 0 Å². The number of esters is 1. The Kier molecular flexibility index (Phi) is 6.70. The van der Waals surface area contributed by atoms with E-state index >= 15 is 0 Å². The molecule has 0 unspecified atom stereocenters. The Morgan fingerprint density at radius 1 is 1.10 bits per heavy atom. The highest BCUT2D eigenvalue weighted by Gasteiger charge is 2.38. The van der Waals surface area contributed by atoms with E-state index in [2.05, 4.69) is 30.9 Å². The minimum Gasteiger partial charge on any atom is -0.469 e. The molecular formula is C25H38N2O4. The SMILES string of the molecule is COC(=O)C1(C)CCN(Cc2c(C)cc(C3CN(C(=O)OC(C)(C)C)C3)cc2C)CC1. The van der Waals surface area contributed by atoms with Crippen molar-refractivity contribution in [3.05, 3.63) is 34.4 Å². The molecule has 172 valence electrons. The lowest BCUT2D eigenvalue weighted by molar-refractivity contribution is -0.154. The standard InChI is InChI=1S/C25H38N2O4/c1-17-12-19(20-14-27(15-20)23(29)31-24(3,4)5)13-18(2)21(17)16-26-10-8-25(6,9-11-26)22(28)30-7/h12-13,20H,8-11,14-16H2,1-7H3. The van der Waals surface area contributed by atoms with Crippen molar-refractivity contribution in [3.8, 4) is 0 Å². The fraction of sp³-hybridized carbons (Fsp3) is 0.680. The first-order chi connectivity index (χ1) is 14.4. The van der Waals surface area contributed by atoms with Gasteiger partial charge in [-0.25, -0.2) is 4.79 Å². The van der Waals surface area contributed by atoms with Gasteiger partial charge in [0.25, 0.3) is 0 Å². The summed E-state index contributed by atoms with van der Waals surface area (Å²) in [5, 5.41) is 0. The van der Waals surface area contributed by atoms with Crippen LogP contribution in [0.2, 0.25) is 0 Å². The van der Waals surface area contributed by atoms with E-state index in [1.807, 2.05) is 27.7 Å². The summed E-state index contributed by atoms with van der Waals surface area (Å²) in [5.41, 5.74) is 4.45. The zero-order chi connectivity index (χ0) is 23.0. The number of carbonyl (C=O) groups excluding carboxylic acids is 2. The molecule has 1 amide bonds. The highest BCUT2D eigenvalue weighted by molar-refractivity contribution is 5.76. The molecule has 2 aliphatic rings. The molecule has 0 bridgehead atoms. The number of hydrogen-bond donors (Lipinski definition) is 0. The monoisotopic (exact) mass is 430 g/mol. The molecule has 0 aromatic heterocycles. The number of carbonyl (C=O) groups is 2. The molecule has 0 saturated carbocycles. The smallest absolute Gasteiger partial charge is 0.410 e. The van der Waals surface area contributed by atoms with Crippen LogP contribution in [0.5, 0.6) is 0 Å². The first-order valence-electron chi connectivity index (χ1n) is 11.3. The predicted molar refractivity (Wildman–Crippen MR) is 121 cm³/mol. The molecule has 2 heterocycles. The number of ether oxygens (including phenoxy) is 2. The lowest BCUT2D eigenvalue weighted by atomic mass is 9.80. The van der Waals surface area contributed by atoms with Crippen LogP contribution in [-0.2, 0) is 20.8 Å². The van der Waals surface area contributed by atoms with Crippen LogP contribution < -0.4 is 0 Å². The highest BCUT2D eigenvalue weighted by Crippen LogP contribution is 2.34. The third-order valence-electron chi connectivity index (χ3n) is 6.74. The molecule has 6 nitrogen and oxygen atoms in total. The third kappa shape index (κ3) is 5.40. The highest BCUT2D eigenvalue weighted by atomic mass is 16.6. The summed E-state index contributed by atoms with van der Waals surface area (Å²) in [7, 11) is 1.48. The van der Waals surface area contributed by atoms with Gasteiger partial charge in [-0.2, -0.15) is 0 Å². The van der Waals surface area contributed by atoms with Crippen molar-refractivity contribution in [1.82, 2.24) is 9.80 Å². The van der Waals surface area contributed by atoms with E-state index < -0.39 is 5.60 Å². The lowest BCUT2D eigenvalue weighted by Crippen LogP contribution is -2.50. The summed E-state index contributed by atoms with van der Waals surface area (Å²) in [5.74, 6) is 0.277. The fourth-order valence-corrected chi connectivity index (χ4v) is 4.56. The molecule has 0 radical (unpaired) electrons. The van der Waals surface area contributed by atoms with E-state index in [4.69, 9.17) is 9.47 Å². The molecule has 0 atom stereocenters. The molecule has 6 heteroatoms. The van der Waals surface area contributed by atoms with E-state index in [1.165, 1.54) is 29.4 Å². The Balaban J connectivity index is 1.58. The number of likely N-dealkylation sites (tertiary alicyclic amines) is 2. The topological polar surface area (TPSA) is 59.1 Å². The molecule has 3 rings (SSSR count). The van der Waals surface area contributed by atoms with Gasteiger partial charge in [0.15, 0.2) is 0 Å². The molecule has 31 heavy (non-hydrogen) atoms. The molecule has 2 fully saturated rings. The van der Waals surface area contributed by atoms with Crippen LogP contribution >= 0.6 is 0 Å². The molecule has 0 N–H and O–H groups in total. The van der Waals surface area contributed by atoms with Crippen LogP contribution in [0.25, 0.3) is 0 Å². The Morgan fingerprint density at radius 3 is 2.13 bits per heavy atom. The van der Waals surface area contributed by atoms with Crippen molar-refractivity contribution in [2.75, 3.05) is 33.3 Å². The van der Waals surface area contributed by atoms with Crippen LogP contribution in [0.4, 0.5) is 4.79 Å². The van der Waals surface area contributed by atoms with Gasteiger partial charge in [0.1, 0.15) is 5.60 Å². The van der Waals surface area contributed by atoms with Gasteiger partial charge in [-0.05, 0) is 89.7 Å². The molecule has 1 aromatic rings. The number of methoxy groups -OCH3 is 1. The Hall–Kier alpha value is -2.08. The zero-order valence-electron chi connectivity index (χ0n) is 20.2. The van der Waals surface area contributed by atoms with Gasteiger partial charge in [0.2, 0.25) is 0 Å². The quantitative estimate of drug-likeness (QED) is 0.662. The van der Waals surface area contributed by atoms with E-state index in [0.717, 1.165) is 32.5 Å². The number of aryl methyl sites for hydroxylation is 2. The summed E-state index contributed by atoms with van der Waals surface area (Å²) >= 11 is 0. The molecule has 2 saturated heterocycles. The maximum Gasteiger partial charge on any atom is 0.410 e. The van der Waals surface area contributed by atoms with E-state index in [-0.39, 0.29) is 17.5 Å². The van der Waals surface area contributed by atoms with Crippen LogP contribution in [0, 0.1) is 19.3 Å².